The van der Waals surface area contributed by atoms with Crippen molar-refractivity contribution in [2.75, 3.05) is 13.1 Å². The Morgan fingerprint density at radius 3 is 2.29 bits per heavy atom. The summed E-state index contributed by atoms with van der Waals surface area (Å²) in [6, 6.07) is 5.08. The van der Waals surface area contributed by atoms with E-state index < -0.39 is 0 Å². The quantitative estimate of drug-likeness (QED) is 0.680. The number of carbonyl (C=O) groups is 2. The SMILES string of the molecule is CC(=O)NCCCCNC(=O)CC(c1ccc(F)c(C)c1)C(C)C. The average Bonchev–Trinajstić information content (AvgIpc) is 2.50. The molecule has 1 rings (SSSR count). The summed E-state index contributed by atoms with van der Waals surface area (Å²) in [6.07, 6.45) is 2.06. The van der Waals surface area contributed by atoms with Crippen LogP contribution in [0.25, 0.3) is 0 Å². The third-order valence-corrected chi connectivity index (χ3v) is 4.12. The molecule has 0 radical (unpaired) electrons. The highest BCUT2D eigenvalue weighted by Gasteiger charge is 2.20. The minimum Gasteiger partial charge on any atom is -0.356 e. The van der Waals surface area contributed by atoms with Crippen molar-refractivity contribution >= 4 is 11.8 Å². The lowest BCUT2D eigenvalue weighted by atomic mass is 9.85. The molecule has 134 valence electrons. The minimum absolute atomic E-state index is 0.00945. The molecule has 1 aromatic carbocycles. The second-order valence-electron chi connectivity index (χ2n) is 6.60. The highest BCUT2D eigenvalue weighted by Crippen LogP contribution is 2.29. The van der Waals surface area contributed by atoms with Gasteiger partial charge in [-0.25, -0.2) is 4.39 Å². The van der Waals surface area contributed by atoms with Gasteiger partial charge in [-0.1, -0.05) is 26.0 Å². The Balaban J connectivity index is 2.46. The van der Waals surface area contributed by atoms with Gasteiger partial charge >= 0.3 is 0 Å². The summed E-state index contributed by atoms with van der Waals surface area (Å²) in [5.41, 5.74) is 1.61. The van der Waals surface area contributed by atoms with Crippen molar-refractivity contribution in [2.45, 2.75) is 52.9 Å². The number of aryl methyl sites for hydroxylation is 1. The molecule has 0 aliphatic rings. The lowest BCUT2D eigenvalue weighted by Crippen LogP contribution is -2.28. The van der Waals surface area contributed by atoms with Crippen LogP contribution in [0.2, 0.25) is 0 Å². The summed E-state index contributed by atoms with van der Waals surface area (Å²) in [7, 11) is 0. The Morgan fingerprint density at radius 2 is 1.75 bits per heavy atom. The molecule has 0 aromatic heterocycles. The average molecular weight is 336 g/mol. The van der Waals surface area contributed by atoms with Crippen LogP contribution in [0.15, 0.2) is 18.2 Å². The second-order valence-corrected chi connectivity index (χ2v) is 6.60. The lowest BCUT2D eigenvalue weighted by molar-refractivity contribution is -0.122. The fraction of sp³-hybridized carbons (Fsp3) is 0.579. The summed E-state index contributed by atoms with van der Waals surface area (Å²) in [5, 5.41) is 5.66. The normalized spacial score (nSPS) is 12.1. The van der Waals surface area contributed by atoms with Crippen molar-refractivity contribution in [3.8, 4) is 0 Å². The Labute approximate surface area is 144 Å². The van der Waals surface area contributed by atoms with Crippen LogP contribution in [0.5, 0.6) is 0 Å². The summed E-state index contributed by atoms with van der Waals surface area (Å²) in [6.45, 7) is 8.62. The topological polar surface area (TPSA) is 58.2 Å². The molecule has 0 bridgehead atoms. The molecule has 0 aliphatic heterocycles. The predicted octanol–water partition coefficient (Wildman–Crippen LogP) is 3.30. The van der Waals surface area contributed by atoms with Crippen molar-refractivity contribution < 1.29 is 14.0 Å². The number of carbonyl (C=O) groups excluding carboxylic acids is 2. The molecule has 2 N–H and O–H groups in total. The molecule has 0 saturated heterocycles. The second kappa shape index (κ2) is 10.1. The Kier molecular flexibility index (Phi) is 8.44. The molecule has 5 heteroatoms. The van der Waals surface area contributed by atoms with Gasteiger partial charge in [-0.05, 0) is 48.8 Å². The molecule has 1 aromatic rings. The van der Waals surface area contributed by atoms with Crippen LogP contribution in [0.4, 0.5) is 4.39 Å². The highest BCUT2D eigenvalue weighted by molar-refractivity contribution is 5.77. The molecule has 0 fully saturated rings. The van der Waals surface area contributed by atoms with E-state index in [-0.39, 0.29) is 23.5 Å². The van der Waals surface area contributed by atoms with E-state index in [1.54, 1.807) is 13.0 Å². The maximum atomic E-state index is 13.4. The van der Waals surface area contributed by atoms with E-state index in [2.05, 4.69) is 24.5 Å². The van der Waals surface area contributed by atoms with Crippen LogP contribution in [-0.4, -0.2) is 24.9 Å². The molecule has 0 saturated carbocycles. The van der Waals surface area contributed by atoms with Gasteiger partial charge in [0.2, 0.25) is 11.8 Å². The van der Waals surface area contributed by atoms with E-state index in [1.807, 2.05) is 6.07 Å². The fourth-order valence-electron chi connectivity index (χ4n) is 2.65. The molecule has 0 aliphatic carbocycles. The molecular weight excluding hydrogens is 307 g/mol. The first kappa shape index (κ1) is 20.1. The fourth-order valence-corrected chi connectivity index (χ4v) is 2.65. The first-order valence-corrected chi connectivity index (χ1v) is 8.58. The van der Waals surface area contributed by atoms with Crippen LogP contribution in [0.1, 0.15) is 57.1 Å². The van der Waals surface area contributed by atoms with Gasteiger partial charge in [0.05, 0.1) is 0 Å². The van der Waals surface area contributed by atoms with Crippen LogP contribution < -0.4 is 10.6 Å². The molecule has 4 nitrogen and oxygen atoms in total. The highest BCUT2D eigenvalue weighted by atomic mass is 19.1. The van der Waals surface area contributed by atoms with E-state index in [0.717, 1.165) is 18.4 Å². The van der Waals surface area contributed by atoms with Gasteiger partial charge in [0.25, 0.3) is 0 Å². The summed E-state index contributed by atoms with van der Waals surface area (Å²) in [4.78, 5) is 22.9. The summed E-state index contributed by atoms with van der Waals surface area (Å²) in [5.74, 6) is 0.123. The third kappa shape index (κ3) is 7.11. The van der Waals surface area contributed by atoms with E-state index >= 15 is 0 Å². The molecule has 1 unspecified atom stereocenters. The van der Waals surface area contributed by atoms with Crippen molar-refractivity contribution in [3.05, 3.63) is 35.1 Å². The number of halogens is 1. The Bertz CT molecular complexity index is 558. The van der Waals surface area contributed by atoms with Gasteiger partial charge in [-0.3, -0.25) is 9.59 Å². The van der Waals surface area contributed by atoms with Crippen LogP contribution in [0, 0.1) is 18.7 Å². The summed E-state index contributed by atoms with van der Waals surface area (Å²) < 4.78 is 13.4. The summed E-state index contributed by atoms with van der Waals surface area (Å²) >= 11 is 0. The van der Waals surface area contributed by atoms with Crippen molar-refractivity contribution in [1.82, 2.24) is 10.6 Å². The van der Waals surface area contributed by atoms with Gasteiger partial charge in [0, 0.05) is 26.4 Å². The Hall–Kier alpha value is -1.91. The van der Waals surface area contributed by atoms with Gasteiger partial charge in [0.15, 0.2) is 0 Å². The minimum atomic E-state index is -0.218. The number of amides is 2. The molecule has 24 heavy (non-hydrogen) atoms. The first-order valence-electron chi connectivity index (χ1n) is 8.58. The zero-order valence-electron chi connectivity index (χ0n) is 15.1. The number of benzene rings is 1. The van der Waals surface area contributed by atoms with Crippen molar-refractivity contribution in [1.29, 1.82) is 0 Å². The van der Waals surface area contributed by atoms with E-state index in [4.69, 9.17) is 0 Å². The standard InChI is InChI=1S/C19H29FN2O2/c1-13(2)17(16-7-8-18(20)14(3)11-16)12-19(24)22-10-6-5-9-21-15(4)23/h7-8,11,13,17H,5-6,9-10,12H2,1-4H3,(H,21,23)(H,22,24). The maximum absolute atomic E-state index is 13.4. The van der Waals surface area contributed by atoms with Gasteiger partial charge in [-0.15, -0.1) is 0 Å². The first-order chi connectivity index (χ1) is 11.3. The number of unbranched alkanes of at least 4 members (excludes halogenated alkanes) is 1. The predicted molar refractivity (Wildman–Crippen MR) is 94.3 cm³/mol. The molecule has 1 atom stereocenters. The van der Waals surface area contributed by atoms with E-state index in [1.165, 1.54) is 13.0 Å². The number of rotatable bonds is 9. The third-order valence-electron chi connectivity index (χ3n) is 4.12. The number of hydrogen-bond donors (Lipinski definition) is 2. The van der Waals surface area contributed by atoms with Gasteiger partial charge in [0.1, 0.15) is 5.82 Å². The molecule has 0 heterocycles. The Morgan fingerprint density at radius 1 is 1.12 bits per heavy atom. The van der Waals surface area contributed by atoms with E-state index in [0.29, 0.717) is 31.0 Å². The molecule has 0 spiro atoms. The van der Waals surface area contributed by atoms with Crippen molar-refractivity contribution in [3.63, 3.8) is 0 Å². The smallest absolute Gasteiger partial charge is 0.220 e. The van der Waals surface area contributed by atoms with Crippen LogP contribution in [0.3, 0.4) is 0 Å². The van der Waals surface area contributed by atoms with Crippen LogP contribution >= 0.6 is 0 Å². The zero-order chi connectivity index (χ0) is 18.1. The zero-order valence-corrected chi connectivity index (χ0v) is 15.1. The lowest BCUT2D eigenvalue weighted by Gasteiger charge is -2.21. The van der Waals surface area contributed by atoms with Gasteiger partial charge < -0.3 is 10.6 Å². The maximum Gasteiger partial charge on any atom is 0.220 e. The van der Waals surface area contributed by atoms with Crippen LogP contribution in [-0.2, 0) is 9.59 Å². The monoisotopic (exact) mass is 336 g/mol. The number of nitrogens with one attached hydrogen (secondary N) is 2. The largest absolute Gasteiger partial charge is 0.356 e. The van der Waals surface area contributed by atoms with Gasteiger partial charge in [-0.2, -0.15) is 0 Å². The molecule has 2 amide bonds. The van der Waals surface area contributed by atoms with Crippen molar-refractivity contribution in [2.24, 2.45) is 5.92 Å². The molecular formula is C19H29FN2O2. The number of hydrogen-bond acceptors (Lipinski definition) is 2. The van der Waals surface area contributed by atoms with E-state index in [9.17, 15) is 14.0 Å².